The van der Waals surface area contributed by atoms with Gasteiger partial charge >= 0.3 is 11.8 Å². The zero-order valence-electron chi connectivity index (χ0n) is 12.8. The summed E-state index contributed by atoms with van der Waals surface area (Å²) in [6.07, 6.45) is 1.26. The van der Waals surface area contributed by atoms with Gasteiger partial charge in [-0.2, -0.15) is 5.10 Å². The first-order valence-corrected chi connectivity index (χ1v) is 6.97. The minimum Gasteiger partial charge on any atom is -0.507 e. The number of nitrogens with zero attached hydrogens (tertiary/aromatic N) is 1. The maximum Gasteiger partial charge on any atom is 0.329 e. The monoisotopic (exact) mass is 311 g/mol. The van der Waals surface area contributed by atoms with Gasteiger partial charge in [-0.3, -0.25) is 9.59 Å². The van der Waals surface area contributed by atoms with Crippen molar-refractivity contribution in [3.05, 3.63) is 59.2 Å². The molecule has 23 heavy (non-hydrogen) atoms. The molecule has 0 aliphatic carbocycles. The number of aryl methyl sites for hydroxylation is 1. The van der Waals surface area contributed by atoms with Crippen molar-refractivity contribution in [2.75, 3.05) is 5.32 Å². The minimum absolute atomic E-state index is 0.0327. The van der Waals surface area contributed by atoms with Crippen LogP contribution in [0.4, 0.5) is 5.69 Å². The Morgan fingerprint density at radius 1 is 1.04 bits per heavy atom. The average molecular weight is 311 g/mol. The van der Waals surface area contributed by atoms with E-state index in [1.54, 1.807) is 30.3 Å². The normalized spacial score (nSPS) is 10.5. The van der Waals surface area contributed by atoms with Gasteiger partial charge in [0.05, 0.1) is 6.21 Å². The van der Waals surface area contributed by atoms with Crippen LogP contribution in [-0.4, -0.2) is 23.1 Å². The Labute approximate surface area is 133 Å². The van der Waals surface area contributed by atoms with Crippen LogP contribution in [0.5, 0.6) is 5.75 Å². The maximum atomic E-state index is 11.8. The molecule has 6 nitrogen and oxygen atoms in total. The first-order valence-electron chi connectivity index (χ1n) is 6.97. The molecule has 0 fully saturated rings. The molecule has 0 atom stereocenters. The van der Waals surface area contributed by atoms with Crippen molar-refractivity contribution in [1.82, 2.24) is 5.43 Å². The zero-order chi connectivity index (χ0) is 16.8. The van der Waals surface area contributed by atoms with Gasteiger partial charge in [-0.05, 0) is 43.2 Å². The summed E-state index contributed by atoms with van der Waals surface area (Å²) in [6.45, 7) is 3.78. The molecule has 0 saturated carbocycles. The second-order valence-electron chi connectivity index (χ2n) is 4.96. The quantitative estimate of drug-likeness (QED) is 0.460. The number of carbonyl (C=O) groups excluding carboxylic acids is 2. The summed E-state index contributed by atoms with van der Waals surface area (Å²) in [5.74, 6) is -1.67. The Morgan fingerprint density at radius 2 is 1.78 bits per heavy atom. The highest BCUT2D eigenvalue weighted by Crippen LogP contribution is 2.17. The first kappa shape index (κ1) is 16.2. The molecule has 118 valence electrons. The highest BCUT2D eigenvalue weighted by Gasteiger charge is 2.14. The number of hydrogen-bond acceptors (Lipinski definition) is 4. The molecule has 0 heterocycles. The number of anilines is 1. The van der Waals surface area contributed by atoms with Crippen molar-refractivity contribution < 1.29 is 14.7 Å². The largest absolute Gasteiger partial charge is 0.507 e. The van der Waals surface area contributed by atoms with Gasteiger partial charge in [0.2, 0.25) is 0 Å². The fourth-order valence-corrected chi connectivity index (χ4v) is 1.87. The van der Waals surface area contributed by atoms with Gasteiger partial charge in [0.25, 0.3) is 0 Å². The van der Waals surface area contributed by atoms with Crippen LogP contribution in [0.15, 0.2) is 47.6 Å². The number of para-hydroxylation sites is 1. The zero-order valence-corrected chi connectivity index (χ0v) is 12.8. The van der Waals surface area contributed by atoms with Gasteiger partial charge in [-0.15, -0.1) is 0 Å². The summed E-state index contributed by atoms with van der Waals surface area (Å²) in [7, 11) is 0. The topological polar surface area (TPSA) is 90.8 Å². The lowest BCUT2D eigenvalue weighted by molar-refractivity contribution is -0.136. The molecular weight excluding hydrogens is 294 g/mol. The van der Waals surface area contributed by atoms with Crippen molar-refractivity contribution in [2.45, 2.75) is 13.8 Å². The van der Waals surface area contributed by atoms with E-state index < -0.39 is 11.8 Å². The molecule has 0 radical (unpaired) electrons. The second-order valence-corrected chi connectivity index (χ2v) is 4.96. The van der Waals surface area contributed by atoms with Gasteiger partial charge in [0.1, 0.15) is 5.75 Å². The number of hydrazone groups is 1. The Morgan fingerprint density at radius 3 is 2.52 bits per heavy atom. The third-order valence-corrected chi connectivity index (χ3v) is 3.37. The van der Waals surface area contributed by atoms with Crippen LogP contribution in [0.2, 0.25) is 0 Å². The van der Waals surface area contributed by atoms with E-state index in [9.17, 15) is 14.7 Å². The number of rotatable bonds is 3. The highest BCUT2D eigenvalue weighted by atomic mass is 16.3. The average Bonchev–Trinajstić information content (AvgIpc) is 2.53. The molecule has 2 aromatic rings. The summed E-state index contributed by atoms with van der Waals surface area (Å²) in [5.41, 5.74) is 5.04. The van der Waals surface area contributed by atoms with Crippen molar-refractivity contribution in [3.63, 3.8) is 0 Å². The van der Waals surface area contributed by atoms with Crippen molar-refractivity contribution in [2.24, 2.45) is 5.10 Å². The Hall–Kier alpha value is -3.15. The van der Waals surface area contributed by atoms with Gasteiger partial charge < -0.3 is 10.4 Å². The maximum absolute atomic E-state index is 11.8. The van der Waals surface area contributed by atoms with Crippen LogP contribution in [-0.2, 0) is 9.59 Å². The van der Waals surface area contributed by atoms with Crippen LogP contribution in [0, 0.1) is 13.8 Å². The first-order chi connectivity index (χ1) is 11.0. The van der Waals surface area contributed by atoms with E-state index in [0.29, 0.717) is 11.3 Å². The van der Waals surface area contributed by atoms with E-state index in [2.05, 4.69) is 15.8 Å². The third-order valence-electron chi connectivity index (χ3n) is 3.37. The van der Waals surface area contributed by atoms with E-state index in [0.717, 1.165) is 11.1 Å². The summed E-state index contributed by atoms with van der Waals surface area (Å²) >= 11 is 0. The van der Waals surface area contributed by atoms with Crippen molar-refractivity contribution in [1.29, 1.82) is 0 Å². The van der Waals surface area contributed by atoms with Crippen molar-refractivity contribution >= 4 is 23.7 Å². The number of phenols is 1. The molecule has 3 N–H and O–H groups in total. The Kier molecular flexibility index (Phi) is 5.09. The predicted octanol–water partition coefficient (Wildman–Crippen LogP) is 2.10. The molecule has 0 unspecified atom stereocenters. The fourth-order valence-electron chi connectivity index (χ4n) is 1.87. The van der Waals surface area contributed by atoms with Gasteiger partial charge in [-0.25, -0.2) is 5.43 Å². The molecule has 6 heteroatoms. The van der Waals surface area contributed by atoms with Crippen LogP contribution in [0.25, 0.3) is 0 Å². The fraction of sp³-hybridized carbons (Fsp3) is 0.118. The summed E-state index contributed by atoms with van der Waals surface area (Å²) in [6, 6.07) is 11.9. The van der Waals surface area contributed by atoms with E-state index >= 15 is 0 Å². The SMILES string of the molecule is Cc1cccc(NC(=O)C(=O)N/N=C\c2ccccc2O)c1C. The number of nitrogens with one attached hydrogen (secondary N) is 2. The van der Waals surface area contributed by atoms with E-state index in [1.807, 2.05) is 19.9 Å². The summed E-state index contributed by atoms with van der Waals surface area (Å²) in [5, 5.41) is 15.7. The third kappa shape index (κ3) is 4.16. The molecule has 0 spiro atoms. The van der Waals surface area contributed by atoms with Crippen LogP contribution >= 0.6 is 0 Å². The van der Waals surface area contributed by atoms with Gasteiger partial charge in [0.15, 0.2) is 0 Å². The highest BCUT2D eigenvalue weighted by molar-refractivity contribution is 6.39. The number of aromatic hydroxyl groups is 1. The molecule has 0 aliphatic rings. The van der Waals surface area contributed by atoms with E-state index in [1.165, 1.54) is 12.3 Å². The second kappa shape index (κ2) is 7.22. The lowest BCUT2D eigenvalue weighted by atomic mass is 10.1. The number of hydrogen-bond donors (Lipinski definition) is 3. The van der Waals surface area contributed by atoms with Crippen LogP contribution < -0.4 is 10.7 Å². The van der Waals surface area contributed by atoms with Crippen molar-refractivity contribution in [3.8, 4) is 5.75 Å². The molecule has 0 aromatic heterocycles. The molecule has 0 bridgehead atoms. The molecule has 0 saturated heterocycles. The molecule has 0 aliphatic heterocycles. The number of benzene rings is 2. The molecule has 2 amide bonds. The van der Waals surface area contributed by atoms with E-state index in [-0.39, 0.29) is 5.75 Å². The Balaban J connectivity index is 1.97. The summed E-state index contributed by atoms with van der Waals surface area (Å²) < 4.78 is 0. The standard InChI is InChI=1S/C17H17N3O3/c1-11-6-5-8-14(12(11)2)19-16(22)17(23)20-18-10-13-7-3-4-9-15(13)21/h3-10,21H,1-2H3,(H,19,22)(H,20,23)/b18-10-. The van der Waals surface area contributed by atoms with Crippen LogP contribution in [0.1, 0.15) is 16.7 Å². The number of carbonyl (C=O) groups is 2. The predicted molar refractivity (Wildman–Crippen MR) is 88.4 cm³/mol. The molecule has 2 aromatic carbocycles. The van der Waals surface area contributed by atoms with Gasteiger partial charge in [0, 0.05) is 11.3 Å². The number of amides is 2. The lowest BCUT2D eigenvalue weighted by Gasteiger charge is -2.09. The van der Waals surface area contributed by atoms with Gasteiger partial charge in [-0.1, -0.05) is 24.3 Å². The minimum atomic E-state index is -0.891. The van der Waals surface area contributed by atoms with Crippen LogP contribution in [0.3, 0.4) is 0 Å². The molecular formula is C17H17N3O3. The number of phenolic OH excluding ortho intramolecular Hbond substituents is 1. The smallest absolute Gasteiger partial charge is 0.329 e. The summed E-state index contributed by atoms with van der Waals surface area (Å²) in [4.78, 5) is 23.6. The Bertz CT molecular complexity index is 769. The van der Waals surface area contributed by atoms with E-state index in [4.69, 9.17) is 0 Å². The lowest BCUT2D eigenvalue weighted by Crippen LogP contribution is -2.32. The molecule has 2 rings (SSSR count).